The molecule has 1 fully saturated rings. The van der Waals surface area contributed by atoms with Crippen LogP contribution < -0.4 is 21.5 Å². The molecule has 1 saturated heterocycles. The summed E-state index contributed by atoms with van der Waals surface area (Å²) in [4.78, 5) is 34.0. The smallest absolute Gasteiger partial charge is 0.417 e. The van der Waals surface area contributed by atoms with Crippen molar-refractivity contribution in [1.29, 1.82) is 0 Å². The quantitative estimate of drug-likeness (QED) is 0.586. The Kier molecular flexibility index (Phi) is 5.90. The number of hydrogen-bond donors (Lipinski definition) is 3. The van der Waals surface area contributed by atoms with Gasteiger partial charge in [0, 0.05) is 30.6 Å². The SMILES string of the molecule is NC(=O)C1CCCN1C1=CC=N[C@](C(N)=O)(c2ccc(Oc3ccc(C(F)(F)F)cn3)cc2)N1. The van der Waals surface area contributed by atoms with Crippen LogP contribution in [0.3, 0.4) is 0 Å². The lowest BCUT2D eigenvalue weighted by atomic mass is 9.97. The van der Waals surface area contributed by atoms with Gasteiger partial charge < -0.3 is 26.4 Å². The van der Waals surface area contributed by atoms with Crippen molar-refractivity contribution >= 4 is 18.0 Å². The van der Waals surface area contributed by atoms with E-state index in [1.54, 1.807) is 23.1 Å². The van der Waals surface area contributed by atoms with E-state index in [9.17, 15) is 22.8 Å². The van der Waals surface area contributed by atoms with Crippen molar-refractivity contribution < 1.29 is 27.5 Å². The highest BCUT2D eigenvalue weighted by Crippen LogP contribution is 2.33. The summed E-state index contributed by atoms with van der Waals surface area (Å²) >= 11 is 0. The number of amides is 2. The third-order valence-corrected chi connectivity index (χ3v) is 5.61. The molecule has 2 aromatic rings. The van der Waals surface area contributed by atoms with Crippen LogP contribution in [0, 0.1) is 0 Å². The summed E-state index contributed by atoms with van der Waals surface area (Å²) in [7, 11) is 0. The van der Waals surface area contributed by atoms with Crippen LogP contribution in [0.25, 0.3) is 0 Å². The Bertz CT molecular complexity index is 1150. The number of benzene rings is 1. The number of nitrogens with two attached hydrogens (primary N) is 2. The van der Waals surface area contributed by atoms with Gasteiger partial charge in [0.05, 0.1) is 5.56 Å². The van der Waals surface area contributed by atoms with Crippen LogP contribution in [0.1, 0.15) is 24.0 Å². The molecule has 0 aliphatic carbocycles. The summed E-state index contributed by atoms with van der Waals surface area (Å²) in [5.41, 5.74) is 9.09. The third-order valence-electron chi connectivity index (χ3n) is 5.61. The molecule has 34 heavy (non-hydrogen) atoms. The predicted molar refractivity (Wildman–Crippen MR) is 115 cm³/mol. The fraction of sp³-hybridized carbons (Fsp3) is 0.273. The Morgan fingerprint density at radius 1 is 1.15 bits per heavy atom. The number of carbonyl (C=O) groups excluding carboxylic acids is 2. The second kappa shape index (κ2) is 8.69. The number of rotatable bonds is 6. The van der Waals surface area contributed by atoms with Crippen LogP contribution in [-0.2, 0) is 21.4 Å². The van der Waals surface area contributed by atoms with Crippen LogP contribution >= 0.6 is 0 Å². The zero-order chi connectivity index (χ0) is 24.5. The monoisotopic (exact) mass is 474 g/mol. The minimum Gasteiger partial charge on any atom is -0.439 e. The molecule has 178 valence electrons. The first-order valence-electron chi connectivity index (χ1n) is 10.3. The fourth-order valence-electron chi connectivity index (χ4n) is 3.90. The lowest BCUT2D eigenvalue weighted by Crippen LogP contribution is -2.56. The van der Waals surface area contributed by atoms with Gasteiger partial charge in [-0.05, 0) is 37.1 Å². The van der Waals surface area contributed by atoms with Gasteiger partial charge in [0.2, 0.25) is 17.5 Å². The summed E-state index contributed by atoms with van der Waals surface area (Å²) in [6.07, 6.45) is 0.609. The van der Waals surface area contributed by atoms with Crippen LogP contribution in [0.2, 0.25) is 0 Å². The number of allylic oxidation sites excluding steroid dienone is 1. The highest BCUT2D eigenvalue weighted by atomic mass is 19.4. The highest BCUT2D eigenvalue weighted by Gasteiger charge is 2.42. The van der Waals surface area contributed by atoms with Gasteiger partial charge in [-0.25, -0.2) is 4.98 Å². The molecule has 1 aromatic carbocycles. The molecular weight excluding hydrogens is 453 g/mol. The number of alkyl halides is 3. The lowest BCUT2D eigenvalue weighted by molar-refractivity contribution is -0.137. The molecule has 1 aromatic heterocycles. The zero-order valence-corrected chi connectivity index (χ0v) is 17.7. The lowest BCUT2D eigenvalue weighted by Gasteiger charge is -2.37. The molecule has 2 aliphatic heterocycles. The Balaban J connectivity index is 1.54. The first kappa shape index (κ1) is 23.1. The number of hydrogen-bond acceptors (Lipinski definition) is 7. The molecule has 0 bridgehead atoms. The van der Waals surface area contributed by atoms with Crippen molar-refractivity contribution in [3.8, 4) is 11.6 Å². The van der Waals surface area contributed by atoms with E-state index >= 15 is 0 Å². The van der Waals surface area contributed by atoms with Gasteiger partial charge in [-0.3, -0.25) is 14.6 Å². The van der Waals surface area contributed by atoms with Crippen LogP contribution in [0.15, 0.2) is 59.5 Å². The number of carbonyl (C=O) groups is 2. The number of primary amides is 2. The second-order valence-electron chi connectivity index (χ2n) is 7.79. The molecule has 1 unspecified atom stereocenters. The topological polar surface area (TPSA) is 136 Å². The summed E-state index contributed by atoms with van der Waals surface area (Å²) < 4.78 is 43.6. The molecule has 2 atom stereocenters. The predicted octanol–water partition coefficient (Wildman–Crippen LogP) is 2.00. The van der Waals surface area contributed by atoms with E-state index in [2.05, 4.69) is 15.3 Å². The van der Waals surface area contributed by atoms with Crippen LogP contribution in [0.5, 0.6) is 11.6 Å². The maximum atomic E-state index is 12.7. The van der Waals surface area contributed by atoms with E-state index in [4.69, 9.17) is 16.2 Å². The van der Waals surface area contributed by atoms with E-state index in [0.717, 1.165) is 18.6 Å². The van der Waals surface area contributed by atoms with Crippen molar-refractivity contribution in [3.63, 3.8) is 0 Å². The molecule has 4 rings (SSSR count). The largest absolute Gasteiger partial charge is 0.439 e. The summed E-state index contributed by atoms with van der Waals surface area (Å²) in [5, 5.41) is 3.05. The fourth-order valence-corrected chi connectivity index (χ4v) is 3.90. The third kappa shape index (κ3) is 4.38. The number of pyridine rings is 1. The Labute approximate surface area is 192 Å². The van der Waals surface area contributed by atoms with Crippen molar-refractivity contribution in [2.45, 2.75) is 30.7 Å². The Morgan fingerprint density at radius 2 is 1.88 bits per heavy atom. The van der Waals surface area contributed by atoms with Gasteiger partial charge in [-0.1, -0.05) is 12.1 Å². The van der Waals surface area contributed by atoms with Crippen LogP contribution in [0.4, 0.5) is 13.2 Å². The molecule has 3 heterocycles. The maximum absolute atomic E-state index is 12.7. The van der Waals surface area contributed by atoms with Crippen LogP contribution in [-0.4, -0.2) is 40.5 Å². The second-order valence-corrected chi connectivity index (χ2v) is 7.79. The standard InChI is InChI=1S/C22H21F3N6O3/c23-22(24,25)14-5-8-18(28-12-14)34-15-6-3-13(4-7-15)21(20(27)33)29-10-9-17(30-21)31-11-1-2-16(31)19(26)32/h3-10,12,16,30H,1-2,11H2,(H2,26,32)(H2,27,33)/t16?,21-/m1/s1. The number of aromatic nitrogens is 1. The number of likely N-dealkylation sites (tertiary alicyclic amines) is 1. The first-order chi connectivity index (χ1) is 16.1. The number of nitrogens with zero attached hydrogens (tertiary/aromatic N) is 3. The van der Waals surface area contributed by atoms with Gasteiger partial charge in [0.15, 0.2) is 0 Å². The van der Waals surface area contributed by atoms with E-state index in [-0.39, 0.29) is 11.6 Å². The van der Waals surface area contributed by atoms with Gasteiger partial charge in [-0.2, -0.15) is 13.2 Å². The molecule has 12 heteroatoms. The van der Waals surface area contributed by atoms with Crippen molar-refractivity contribution in [3.05, 3.63) is 65.6 Å². The molecule has 0 radical (unpaired) electrons. The van der Waals surface area contributed by atoms with E-state index in [1.807, 2.05) is 0 Å². The first-order valence-corrected chi connectivity index (χ1v) is 10.3. The molecule has 0 saturated carbocycles. The molecular formula is C22H21F3N6O3. The average molecular weight is 474 g/mol. The number of ether oxygens (including phenoxy) is 1. The molecule has 0 spiro atoms. The van der Waals surface area contributed by atoms with Crippen molar-refractivity contribution in [1.82, 2.24) is 15.2 Å². The van der Waals surface area contributed by atoms with E-state index < -0.39 is 35.3 Å². The van der Waals surface area contributed by atoms with Gasteiger partial charge >= 0.3 is 6.18 Å². The maximum Gasteiger partial charge on any atom is 0.417 e. The Hall–Kier alpha value is -4.09. The number of aliphatic imine (C=N–C) groups is 1. The minimum absolute atomic E-state index is 0.0316. The number of halogens is 3. The normalized spacial score (nSPS) is 22.1. The van der Waals surface area contributed by atoms with Gasteiger partial charge in [-0.15, -0.1) is 0 Å². The average Bonchev–Trinajstić information content (AvgIpc) is 3.30. The summed E-state index contributed by atoms with van der Waals surface area (Å²) in [5.74, 6) is -0.507. The number of nitrogens with one attached hydrogen (secondary N) is 1. The summed E-state index contributed by atoms with van der Waals surface area (Å²) in [6, 6.07) is 7.58. The van der Waals surface area contributed by atoms with Gasteiger partial charge in [0.25, 0.3) is 5.91 Å². The molecule has 2 aliphatic rings. The Morgan fingerprint density at radius 3 is 2.47 bits per heavy atom. The summed E-state index contributed by atoms with van der Waals surface area (Å²) in [6.45, 7) is 0.571. The molecule has 9 nitrogen and oxygen atoms in total. The molecule has 5 N–H and O–H groups in total. The van der Waals surface area contributed by atoms with E-state index in [1.165, 1.54) is 18.3 Å². The van der Waals surface area contributed by atoms with Crippen molar-refractivity contribution in [2.75, 3.05) is 6.54 Å². The van der Waals surface area contributed by atoms with Crippen molar-refractivity contribution in [2.24, 2.45) is 16.5 Å². The van der Waals surface area contributed by atoms with E-state index in [0.29, 0.717) is 30.5 Å². The minimum atomic E-state index is -4.50. The molecule has 2 amide bonds. The highest BCUT2D eigenvalue weighted by molar-refractivity contribution is 5.90. The zero-order valence-electron chi connectivity index (χ0n) is 17.7. The van der Waals surface area contributed by atoms with Gasteiger partial charge in [0.1, 0.15) is 17.6 Å².